The van der Waals surface area contributed by atoms with Crippen LogP contribution in [-0.2, 0) is 14.8 Å². The predicted molar refractivity (Wildman–Crippen MR) is 97.1 cm³/mol. The summed E-state index contributed by atoms with van der Waals surface area (Å²) in [5.41, 5.74) is 1.73. The first-order chi connectivity index (χ1) is 11.7. The van der Waals surface area contributed by atoms with Crippen LogP contribution in [0.3, 0.4) is 0 Å². The van der Waals surface area contributed by atoms with Crippen molar-refractivity contribution in [3.63, 3.8) is 0 Å². The van der Waals surface area contributed by atoms with Crippen molar-refractivity contribution >= 4 is 15.8 Å². The van der Waals surface area contributed by atoms with Gasteiger partial charge in [-0.15, -0.1) is 0 Å². The van der Waals surface area contributed by atoms with Crippen molar-refractivity contribution in [2.75, 3.05) is 7.11 Å². The highest BCUT2D eigenvalue weighted by Crippen LogP contribution is 2.26. The van der Waals surface area contributed by atoms with E-state index >= 15 is 0 Å². The van der Waals surface area contributed by atoms with Gasteiger partial charge in [0.25, 0.3) is 0 Å². The summed E-state index contributed by atoms with van der Waals surface area (Å²) in [5.74, 6) is 0.352. The van der Waals surface area contributed by atoms with Gasteiger partial charge >= 0.3 is 0 Å². The zero-order valence-electron chi connectivity index (χ0n) is 14.4. The zero-order valence-corrected chi connectivity index (χ0v) is 15.3. The Kier molecular flexibility index (Phi) is 5.77. The Morgan fingerprint density at radius 3 is 2.12 bits per heavy atom. The number of sulfonamides is 1. The largest absolute Gasteiger partial charge is 0.497 e. The second kappa shape index (κ2) is 7.63. The number of rotatable bonds is 7. The van der Waals surface area contributed by atoms with Crippen LogP contribution in [0.5, 0.6) is 5.75 Å². The Morgan fingerprint density at radius 2 is 1.64 bits per heavy atom. The van der Waals surface area contributed by atoms with Crippen molar-refractivity contribution in [3.05, 3.63) is 71.8 Å². The number of carbonyl (C=O) groups excluding carboxylic acids is 1. The van der Waals surface area contributed by atoms with Crippen molar-refractivity contribution in [2.45, 2.75) is 24.8 Å². The van der Waals surface area contributed by atoms with Crippen LogP contribution >= 0.6 is 0 Å². The maximum absolute atomic E-state index is 12.7. The monoisotopic (exact) mass is 359 g/mol. The molecule has 0 radical (unpaired) electrons. The molecule has 2 rings (SSSR count). The van der Waals surface area contributed by atoms with Crippen molar-refractivity contribution in [1.29, 1.82) is 0 Å². The number of hydrogen-bond acceptors (Lipinski definition) is 4. The van der Waals surface area contributed by atoms with Gasteiger partial charge in [-0.25, -0.2) is 8.42 Å². The molecular formula is C19H21NO4S. The zero-order chi connectivity index (χ0) is 18.6. The number of hydrogen-bond donors (Lipinski definition) is 1. The predicted octanol–water partition coefficient (Wildman–Crippen LogP) is 3.17. The molecule has 0 aliphatic heterocycles. The summed E-state index contributed by atoms with van der Waals surface area (Å²) in [5, 5.41) is 0. The summed E-state index contributed by atoms with van der Waals surface area (Å²) in [6, 6.07) is 12.5. The fourth-order valence-electron chi connectivity index (χ4n) is 2.28. The lowest BCUT2D eigenvalue weighted by Crippen LogP contribution is -2.31. The first-order valence-electron chi connectivity index (χ1n) is 7.67. The molecule has 5 nitrogen and oxygen atoms in total. The van der Waals surface area contributed by atoms with E-state index in [0.717, 1.165) is 5.56 Å². The number of carbonyl (C=O) groups is 1. The number of aryl methyl sites for hydroxylation is 1. The van der Waals surface area contributed by atoms with Gasteiger partial charge in [-0.05, 0) is 43.7 Å². The highest BCUT2D eigenvalue weighted by molar-refractivity contribution is 7.89. The second-order valence-corrected chi connectivity index (χ2v) is 7.44. The maximum atomic E-state index is 12.7. The molecule has 2 aromatic carbocycles. The molecule has 0 aromatic heterocycles. The molecule has 0 bridgehead atoms. The summed E-state index contributed by atoms with van der Waals surface area (Å²) in [4.78, 5) is 11.9. The summed E-state index contributed by atoms with van der Waals surface area (Å²) in [7, 11) is -2.27. The third-order valence-corrected chi connectivity index (χ3v) is 5.29. The highest BCUT2D eigenvalue weighted by atomic mass is 32.2. The van der Waals surface area contributed by atoms with Gasteiger partial charge in [0.05, 0.1) is 18.0 Å². The molecule has 0 aliphatic carbocycles. The molecule has 0 amide bonds. The number of nitrogens with one attached hydrogen (secondary N) is 1. The quantitative estimate of drug-likeness (QED) is 0.771. The van der Waals surface area contributed by atoms with Gasteiger partial charge in [-0.1, -0.05) is 36.4 Å². The van der Waals surface area contributed by atoms with Crippen molar-refractivity contribution < 1.29 is 17.9 Å². The summed E-state index contributed by atoms with van der Waals surface area (Å²) in [6.07, 6.45) is 0. The molecular weight excluding hydrogens is 338 g/mol. The number of methoxy groups -OCH3 is 1. The van der Waals surface area contributed by atoms with Gasteiger partial charge in [-0.3, -0.25) is 4.79 Å². The van der Waals surface area contributed by atoms with Gasteiger partial charge in [-0.2, -0.15) is 4.72 Å². The van der Waals surface area contributed by atoms with E-state index < -0.39 is 16.1 Å². The van der Waals surface area contributed by atoms with Crippen molar-refractivity contribution in [1.82, 2.24) is 4.72 Å². The van der Waals surface area contributed by atoms with E-state index in [1.807, 2.05) is 6.92 Å². The maximum Gasteiger partial charge on any atom is 0.241 e. The van der Waals surface area contributed by atoms with E-state index in [2.05, 4.69) is 11.3 Å². The summed E-state index contributed by atoms with van der Waals surface area (Å²) >= 11 is 0. The molecule has 6 heteroatoms. The molecule has 0 heterocycles. The molecule has 0 spiro atoms. The SMILES string of the molecule is C=C(C(C)=O)C(NS(=O)(=O)c1ccc(C)cc1)c1ccc(OC)cc1. The molecule has 25 heavy (non-hydrogen) atoms. The third-order valence-electron chi connectivity index (χ3n) is 3.85. The van der Waals surface area contributed by atoms with E-state index in [9.17, 15) is 13.2 Å². The van der Waals surface area contributed by atoms with Crippen LogP contribution < -0.4 is 9.46 Å². The average Bonchev–Trinajstić information content (AvgIpc) is 2.59. The van der Waals surface area contributed by atoms with E-state index in [-0.39, 0.29) is 16.3 Å². The minimum Gasteiger partial charge on any atom is -0.497 e. The second-order valence-electron chi connectivity index (χ2n) is 5.72. The van der Waals surface area contributed by atoms with E-state index in [0.29, 0.717) is 11.3 Å². The molecule has 0 fully saturated rings. The lowest BCUT2D eigenvalue weighted by atomic mass is 9.98. The topological polar surface area (TPSA) is 72.5 Å². The van der Waals surface area contributed by atoms with Crippen LogP contribution in [-0.4, -0.2) is 21.3 Å². The molecule has 132 valence electrons. The first-order valence-corrected chi connectivity index (χ1v) is 9.15. The Hall–Kier alpha value is -2.44. The van der Waals surface area contributed by atoms with Crippen molar-refractivity contribution in [3.8, 4) is 5.75 Å². The molecule has 0 aliphatic rings. The smallest absolute Gasteiger partial charge is 0.241 e. The van der Waals surface area contributed by atoms with Crippen LogP contribution in [0, 0.1) is 6.92 Å². The number of ketones is 1. The average molecular weight is 359 g/mol. The minimum absolute atomic E-state index is 0.132. The van der Waals surface area contributed by atoms with Crippen LogP contribution in [0.1, 0.15) is 24.1 Å². The van der Waals surface area contributed by atoms with Gasteiger partial charge in [0.15, 0.2) is 5.78 Å². The number of ether oxygens (including phenoxy) is 1. The molecule has 1 N–H and O–H groups in total. The standard InChI is InChI=1S/C19H21NO4S/c1-13-5-11-18(12-6-13)25(22,23)20-19(14(2)15(3)21)16-7-9-17(24-4)10-8-16/h5-12,19-20H,2H2,1,3-4H3. The fourth-order valence-corrected chi connectivity index (χ4v) is 3.50. The van der Waals surface area contributed by atoms with Crippen LogP contribution in [0.4, 0.5) is 0 Å². The van der Waals surface area contributed by atoms with Crippen LogP contribution in [0.15, 0.2) is 65.6 Å². The van der Waals surface area contributed by atoms with Gasteiger partial charge in [0.2, 0.25) is 10.0 Å². The number of Topliss-reactive ketones (excluding diaryl/α,β-unsaturated/α-hetero) is 1. The Balaban J connectivity index is 2.40. The normalized spacial score (nSPS) is 12.4. The summed E-state index contributed by atoms with van der Waals surface area (Å²) in [6.45, 7) is 6.99. The van der Waals surface area contributed by atoms with Gasteiger partial charge in [0, 0.05) is 5.57 Å². The first kappa shape index (κ1) is 18.9. The van der Waals surface area contributed by atoms with E-state index in [1.54, 1.807) is 43.5 Å². The minimum atomic E-state index is -3.81. The lowest BCUT2D eigenvalue weighted by Gasteiger charge is -2.20. The van der Waals surface area contributed by atoms with E-state index in [1.165, 1.54) is 19.1 Å². The summed E-state index contributed by atoms with van der Waals surface area (Å²) < 4.78 is 33.1. The molecule has 1 atom stereocenters. The molecule has 0 saturated heterocycles. The van der Waals surface area contributed by atoms with Gasteiger partial charge in [0.1, 0.15) is 5.75 Å². The third kappa shape index (κ3) is 4.55. The Morgan fingerprint density at radius 1 is 1.08 bits per heavy atom. The lowest BCUT2D eigenvalue weighted by molar-refractivity contribution is -0.113. The van der Waals surface area contributed by atoms with Gasteiger partial charge < -0.3 is 4.74 Å². The molecule has 0 saturated carbocycles. The Bertz CT molecular complexity index is 869. The van der Waals surface area contributed by atoms with E-state index in [4.69, 9.17) is 4.74 Å². The van der Waals surface area contributed by atoms with Crippen LogP contribution in [0.2, 0.25) is 0 Å². The fraction of sp³-hybridized carbons (Fsp3) is 0.211. The van der Waals surface area contributed by atoms with Crippen molar-refractivity contribution in [2.24, 2.45) is 0 Å². The number of benzene rings is 2. The Labute approximate surface area is 148 Å². The highest BCUT2D eigenvalue weighted by Gasteiger charge is 2.25. The molecule has 2 aromatic rings. The molecule has 1 unspecified atom stereocenters. The van der Waals surface area contributed by atoms with Crippen LogP contribution in [0.25, 0.3) is 0 Å².